The fourth-order valence-electron chi connectivity index (χ4n) is 2.06. The maximum absolute atomic E-state index is 12.2. The van der Waals surface area contributed by atoms with Crippen molar-refractivity contribution in [1.82, 2.24) is 0 Å². The number of sulfone groups is 1. The topological polar surface area (TPSA) is 72.5 Å². The van der Waals surface area contributed by atoms with Crippen molar-refractivity contribution in [3.8, 4) is 5.75 Å². The summed E-state index contributed by atoms with van der Waals surface area (Å²) in [5, 5.41) is 2.99. The summed E-state index contributed by atoms with van der Waals surface area (Å²) in [5.41, 5.74) is 1.46. The highest BCUT2D eigenvalue weighted by Gasteiger charge is 2.16. The molecule has 5 nitrogen and oxygen atoms in total. The van der Waals surface area contributed by atoms with Gasteiger partial charge < -0.3 is 10.1 Å². The predicted octanol–water partition coefficient (Wildman–Crippen LogP) is 3.46. The van der Waals surface area contributed by atoms with Crippen LogP contribution in [0.3, 0.4) is 0 Å². The lowest BCUT2D eigenvalue weighted by atomic mass is 10.2. The minimum atomic E-state index is -3.49. The number of carbonyl (C=O) groups is 1. The first kappa shape index (κ1) is 18.3. The van der Waals surface area contributed by atoms with Crippen LogP contribution >= 0.6 is 11.6 Å². The monoisotopic (exact) mass is 367 g/mol. The SMILES string of the molecule is COc1ccc(NC(=O)CCS(=O)(=O)c2ccc(C)cc2)cc1Cl. The summed E-state index contributed by atoms with van der Waals surface area (Å²) in [6.07, 6.45) is -0.139. The fourth-order valence-corrected chi connectivity index (χ4v) is 3.56. The van der Waals surface area contributed by atoms with Crippen LogP contribution < -0.4 is 10.1 Å². The van der Waals surface area contributed by atoms with E-state index in [1.807, 2.05) is 6.92 Å². The van der Waals surface area contributed by atoms with Crippen molar-refractivity contribution < 1.29 is 17.9 Å². The minimum Gasteiger partial charge on any atom is -0.495 e. The number of hydrogen-bond donors (Lipinski definition) is 1. The lowest BCUT2D eigenvalue weighted by molar-refractivity contribution is -0.115. The maximum Gasteiger partial charge on any atom is 0.225 e. The van der Waals surface area contributed by atoms with Gasteiger partial charge in [0.25, 0.3) is 0 Å². The molecule has 2 aromatic rings. The van der Waals surface area contributed by atoms with Crippen LogP contribution in [0.2, 0.25) is 5.02 Å². The van der Waals surface area contributed by atoms with Crippen molar-refractivity contribution in [2.75, 3.05) is 18.2 Å². The highest BCUT2D eigenvalue weighted by Crippen LogP contribution is 2.27. The molecule has 1 N–H and O–H groups in total. The van der Waals surface area contributed by atoms with Gasteiger partial charge in [-0.25, -0.2) is 8.42 Å². The Morgan fingerprint density at radius 1 is 1.17 bits per heavy atom. The second-order valence-electron chi connectivity index (χ2n) is 5.28. The Balaban J connectivity index is 1.97. The minimum absolute atomic E-state index is 0.139. The molecule has 0 aliphatic carbocycles. The molecule has 0 spiro atoms. The van der Waals surface area contributed by atoms with E-state index in [4.69, 9.17) is 16.3 Å². The molecule has 0 fully saturated rings. The van der Waals surface area contributed by atoms with Crippen LogP contribution in [0.1, 0.15) is 12.0 Å². The molecule has 7 heteroatoms. The first-order valence-electron chi connectivity index (χ1n) is 7.24. The van der Waals surface area contributed by atoms with E-state index in [-0.39, 0.29) is 17.1 Å². The van der Waals surface area contributed by atoms with E-state index in [1.54, 1.807) is 42.5 Å². The molecule has 0 heterocycles. The van der Waals surface area contributed by atoms with Crippen LogP contribution in [0.25, 0.3) is 0 Å². The number of halogens is 1. The van der Waals surface area contributed by atoms with Crippen LogP contribution in [0, 0.1) is 6.92 Å². The number of aryl methyl sites for hydroxylation is 1. The zero-order valence-electron chi connectivity index (χ0n) is 13.4. The quantitative estimate of drug-likeness (QED) is 0.848. The number of carbonyl (C=O) groups excluding carboxylic acids is 1. The van der Waals surface area contributed by atoms with Gasteiger partial charge in [0, 0.05) is 12.1 Å². The molecule has 0 unspecified atom stereocenters. The Labute approximate surface area is 146 Å². The van der Waals surface area contributed by atoms with Crippen LogP contribution in [-0.4, -0.2) is 27.2 Å². The molecule has 0 radical (unpaired) electrons. The Kier molecular flexibility index (Phi) is 5.85. The summed E-state index contributed by atoms with van der Waals surface area (Å²) in [6, 6.07) is 11.4. The number of amides is 1. The summed E-state index contributed by atoms with van der Waals surface area (Å²) < 4.78 is 29.5. The number of ether oxygens (including phenoxy) is 1. The first-order valence-corrected chi connectivity index (χ1v) is 9.27. The normalized spacial score (nSPS) is 11.1. The zero-order valence-corrected chi connectivity index (χ0v) is 14.9. The van der Waals surface area contributed by atoms with E-state index >= 15 is 0 Å². The number of rotatable bonds is 6. The number of hydrogen-bond acceptors (Lipinski definition) is 4. The average molecular weight is 368 g/mol. The standard InChI is InChI=1S/C17H18ClNO4S/c1-12-3-6-14(7-4-12)24(21,22)10-9-17(20)19-13-5-8-16(23-2)15(18)11-13/h3-8,11H,9-10H2,1-2H3,(H,19,20). The van der Waals surface area contributed by atoms with Gasteiger partial charge in [-0.2, -0.15) is 0 Å². The third kappa shape index (κ3) is 4.72. The van der Waals surface area contributed by atoms with E-state index in [0.29, 0.717) is 16.5 Å². The molecule has 2 aromatic carbocycles. The largest absolute Gasteiger partial charge is 0.495 e. The summed E-state index contributed by atoms with van der Waals surface area (Å²) in [6.45, 7) is 1.88. The van der Waals surface area contributed by atoms with Crippen molar-refractivity contribution >= 4 is 33.0 Å². The molecule has 0 aliphatic rings. The Morgan fingerprint density at radius 2 is 1.83 bits per heavy atom. The van der Waals surface area contributed by atoms with Crippen molar-refractivity contribution in [1.29, 1.82) is 0 Å². The molecule has 24 heavy (non-hydrogen) atoms. The van der Waals surface area contributed by atoms with E-state index < -0.39 is 15.7 Å². The van der Waals surface area contributed by atoms with E-state index in [9.17, 15) is 13.2 Å². The third-order valence-corrected chi connectivity index (χ3v) is 5.44. The van der Waals surface area contributed by atoms with Crippen LogP contribution in [-0.2, 0) is 14.6 Å². The lowest BCUT2D eigenvalue weighted by Gasteiger charge is -2.08. The molecule has 1 amide bonds. The number of benzene rings is 2. The van der Waals surface area contributed by atoms with Gasteiger partial charge in [0.1, 0.15) is 5.75 Å². The highest BCUT2D eigenvalue weighted by atomic mass is 35.5. The van der Waals surface area contributed by atoms with Gasteiger partial charge in [-0.3, -0.25) is 4.79 Å². The van der Waals surface area contributed by atoms with Gasteiger partial charge in [-0.1, -0.05) is 29.3 Å². The molecule has 0 saturated heterocycles. The molecule has 2 rings (SSSR count). The maximum atomic E-state index is 12.2. The Morgan fingerprint density at radius 3 is 2.42 bits per heavy atom. The number of methoxy groups -OCH3 is 1. The fraction of sp³-hybridized carbons (Fsp3) is 0.235. The van der Waals surface area contributed by atoms with Crippen molar-refractivity contribution in [2.24, 2.45) is 0 Å². The van der Waals surface area contributed by atoms with E-state index in [0.717, 1.165) is 5.56 Å². The van der Waals surface area contributed by atoms with Crippen LogP contribution in [0.5, 0.6) is 5.75 Å². The van der Waals surface area contributed by atoms with Gasteiger partial charge >= 0.3 is 0 Å². The molecule has 0 saturated carbocycles. The molecular weight excluding hydrogens is 350 g/mol. The van der Waals surface area contributed by atoms with Gasteiger partial charge in [-0.05, 0) is 37.3 Å². The van der Waals surface area contributed by atoms with Crippen molar-refractivity contribution in [3.63, 3.8) is 0 Å². The van der Waals surface area contributed by atoms with Crippen molar-refractivity contribution in [2.45, 2.75) is 18.2 Å². The molecule has 0 aromatic heterocycles. The van der Waals surface area contributed by atoms with Crippen molar-refractivity contribution in [3.05, 3.63) is 53.1 Å². The Bertz CT molecular complexity index is 832. The summed E-state index contributed by atoms with van der Waals surface area (Å²) in [7, 11) is -1.99. The van der Waals surface area contributed by atoms with E-state index in [2.05, 4.69) is 5.32 Å². The second-order valence-corrected chi connectivity index (χ2v) is 7.80. The second kappa shape index (κ2) is 7.68. The number of anilines is 1. The van der Waals surface area contributed by atoms with E-state index in [1.165, 1.54) is 7.11 Å². The van der Waals surface area contributed by atoms with Gasteiger partial charge in [-0.15, -0.1) is 0 Å². The van der Waals surface area contributed by atoms with Gasteiger partial charge in [0.05, 0.1) is 22.8 Å². The van der Waals surface area contributed by atoms with Crippen LogP contribution in [0.4, 0.5) is 5.69 Å². The zero-order chi connectivity index (χ0) is 17.7. The molecule has 0 atom stereocenters. The van der Waals surface area contributed by atoms with Crippen LogP contribution in [0.15, 0.2) is 47.4 Å². The summed E-state index contributed by atoms with van der Waals surface area (Å²) >= 11 is 5.98. The lowest BCUT2D eigenvalue weighted by Crippen LogP contribution is -2.17. The van der Waals surface area contributed by atoms with Gasteiger partial charge in [0.2, 0.25) is 5.91 Å². The number of nitrogens with one attached hydrogen (secondary N) is 1. The highest BCUT2D eigenvalue weighted by molar-refractivity contribution is 7.91. The third-order valence-electron chi connectivity index (χ3n) is 3.41. The molecule has 0 bridgehead atoms. The van der Waals surface area contributed by atoms with Gasteiger partial charge in [0.15, 0.2) is 9.84 Å². The molecular formula is C17H18ClNO4S. The molecule has 128 valence electrons. The summed E-state index contributed by atoms with van der Waals surface area (Å²) in [5.74, 6) is -0.158. The predicted molar refractivity (Wildman–Crippen MR) is 94.5 cm³/mol. The Hall–Kier alpha value is -2.05. The molecule has 0 aliphatic heterocycles. The first-order chi connectivity index (χ1) is 11.3. The summed E-state index contributed by atoms with van der Waals surface area (Å²) in [4.78, 5) is 12.2. The smallest absolute Gasteiger partial charge is 0.225 e. The average Bonchev–Trinajstić information content (AvgIpc) is 2.54.